The van der Waals surface area contributed by atoms with Crippen LogP contribution in [0, 0.1) is 0 Å². The van der Waals surface area contributed by atoms with Crippen LogP contribution < -0.4 is 16.2 Å². The Labute approximate surface area is 117 Å². The number of nitrogens with two attached hydrogens (primary N) is 2. The first-order valence-corrected chi connectivity index (χ1v) is 5.97. The molecule has 0 saturated heterocycles. The number of rotatable bonds is 3. The van der Waals surface area contributed by atoms with Crippen LogP contribution in [-0.2, 0) is 11.2 Å². The maximum atomic E-state index is 10.2. The van der Waals surface area contributed by atoms with Gasteiger partial charge in [-0.2, -0.15) is 0 Å². The molecule has 0 aromatic heterocycles. The molecular formula is C15H18N2O3. The average Bonchev–Trinajstić information content (AvgIpc) is 2.39. The van der Waals surface area contributed by atoms with E-state index in [-0.39, 0.29) is 6.42 Å². The van der Waals surface area contributed by atoms with Crippen molar-refractivity contribution in [3.05, 3.63) is 54.1 Å². The second kappa shape index (κ2) is 7.68. The van der Waals surface area contributed by atoms with Crippen molar-refractivity contribution in [2.24, 2.45) is 0 Å². The number of aliphatic carboxylic acids is 1. The molecule has 2 aromatic rings. The molecule has 0 heterocycles. The molecule has 0 spiro atoms. The number of anilines is 2. The Morgan fingerprint density at radius 1 is 1.10 bits per heavy atom. The lowest BCUT2D eigenvalue weighted by atomic mass is 10.1. The lowest BCUT2D eigenvalue weighted by molar-refractivity contribution is -0.136. The zero-order valence-electron chi connectivity index (χ0n) is 11.2. The molecule has 0 fully saturated rings. The van der Waals surface area contributed by atoms with Gasteiger partial charge in [0.25, 0.3) is 0 Å². The van der Waals surface area contributed by atoms with Crippen molar-refractivity contribution in [2.75, 3.05) is 18.6 Å². The van der Waals surface area contributed by atoms with Crippen LogP contribution in [0.1, 0.15) is 5.56 Å². The van der Waals surface area contributed by atoms with Crippen LogP contribution in [0.5, 0.6) is 5.75 Å². The molecule has 0 aliphatic rings. The zero-order valence-corrected chi connectivity index (χ0v) is 11.2. The number of carboxylic acid groups (broad SMARTS) is 1. The van der Waals surface area contributed by atoms with E-state index in [0.717, 1.165) is 17.0 Å². The van der Waals surface area contributed by atoms with Gasteiger partial charge in [-0.25, -0.2) is 0 Å². The summed E-state index contributed by atoms with van der Waals surface area (Å²) in [6.45, 7) is 0. The van der Waals surface area contributed by atoms with Crippen molar-refractivity contribution in [1.82, 2.24) is 0 Å². The van der Waals surface area contributed by atoms with Crippen LogP contribution in [0.15, 0.2) is 48.5 Å². The highest BCUT2D eigenvalue weighted by Crippen LogP contribution is 2.11. The van der Waals surface area contributed by atoms with Gasteiger partial charge in [-0.05, 0) is 42.0 Å². The van der Waals surface area contributed by atoms with Crippen LogP contribution in [0.25, 0.3) is 0 Å². The van der Waals surface area contributed by atoms with E-state index in [2.05, 4.69) is 0 Å². The topological polar surface area (TPSA) is 98.6 Å². The minimum Gasteiger partial charge on any atom is -0.497 e. The van der Waals surface area contributed by atoms with Crippen molar-refractivity contribution >= 4 is 17.3 Å². The van der Waals surface area contributed by atoms with E-state index < -0.39 is 5.97 Å². The van der Waals surface area contributed by atoms with E-state index >= 15 is 0 Å². The van der Waals surface area contributed by atoms with Crippen molar-refractivity contribution in [1.29, 1.82) is 0 Å². The maximum Gasteiger partial charge on any atom is 0.307 e. The third kappa shape index (κ3) is 5.77. The number of carboxylic acids is 1. The van der Waals surface area contributed by atoms with E-state index in [0.29, 0.717) is 5.69 Å². The number of ether oxygens (including phenoxy) is 1. The van der Waals surface area contributed by atoms with E-state index in [4.69, 9.17) is 21.3 Å². The smallest absolute Gasteiger partial charge is 0.307 e. The van der Waals surface area contributed by atoms with Crippen LogP contribution >= 0.6 is 0 Å². The van der Waals surface area contributed by atoms with Crippen LogP contribution in [-0.4, -0.2) is 18.2 Å². The lowest BCUT2D eigenvalue weighted by Gasteiger charge is -1.97. The Hall–Kier alpha value is -2.69. The molecule has 20 heavy (non-hydrogen) atoms. The van der Waals surface area contributed by atoms with Crippen LogP contribution in [0.3, 0.4) is 0 Å². The third-order valence-corrected chi connectivity index (χ3v) is 2.42. The largest absolute Gasteiger partial charge is 0.497 e. The minimum atomic E-state index is -0.837. The number of benzene rings is 2. The molecule has 2 aromatic carbocycles. The van der Waals surface area contributed by atoms with Gasteiger partial charge in [-0.15, -0.1) is 0 Å². The first kappa shape index (κ1) is 15.4. The van der Waals surface area contributed by atoms with Gasteiger partial charge >= 0.3 is 5.97 Å². The maximum absolute atomic E-state index is 10.2. The van der Waals surface area contributed by atoms with Gasteiger partial charge in [0, 0.05) is 11.4 Å². The van der Waals surface area contributed by atoms with Gasteiger partial charge < -0.3 is 21.3 Å². The molecule has 0 saturated carbocycles. The normalized spacial score (nSPS) is 9.25. The average molecular weight is 274 g/mol. The Kier molecular flexibility index (Phi) is 5.90. The van der Waals surface area contributed by atoms with Gasteiger partial charge in [-0.1, -0.05) is 12.1 Å². The number of carbonyl (C=O) groups is 1. The number of nitrogen functional groups attached to an aromatic ring is 2. The summed E-state index contributed by atoms with van der Waals surface area (Å²) >= 11 is 0. The molecule has 0 radical (unpaired) electrons. The molecule has 0 atom stereocenters. The number of hydrogen-bond acceptors (Lipinski definition) is 4. The Bertz CT molecular complexity index is 553. The highest BCUT2D eigenvalue weighted by Gasteiger charge is 1.98. The first-order chi connectivity index (χ1) is 9.51. The van der Waals surface area contributed by atoms with Gasteiger partial charge in [-0.3, -0.25) is 4.79 Å². The standard InChI is InChI=1S/C8H9NO2.C7H9NO/c9-7-3-1-2-6(4-7)5-8(10)11;1-9-7-4-2-6(8)3-5-7/h1-4H,5,9H2,(H,10,11);2-5H,8H2,1H3. The quantitative estimate of drug-likeness (QED) is 0.745. The summed E-state index contributed by atoms with van der Waals surface area (Å²) < 4.78 is 4.91. The van der Waals surface area contributed by atoms with Crippen molar-refractivity contribution < 1.29 is 14.6 Å². The second-order valence-electron chi connectivity index (χ2n) is 4.09. The fourth-order valence-corrected chi connectivity index (χ4v) is 1.48. The fraction of sp³-hybridized carbons (Fsp3) is 0.133. The second-order valence-corrected chi connectivity index (χ2v) is 4.09. The molecule has 0 aliphatic heterocycles. The monoisotopic (exact) mass is 274 g/mol. The Morgan fingerprint density at radius 2 is 1.75 bits per heavy atom. The highest BCUT2D eigenvalue weighted by molar-refractivity contribution is 5.70. The molecule has 0 unspecified atom stereocenters. The van der Waals surface area contributed by atoms with E-state index in [1.807, 2.05) is 12.1 Å². The van der Waals surface area contributed by atoms with Crippen molar-refractivity contribution in [3.63, 3.8) is 0 Å². The summed E-state index contributed by atoms with van der Waals surface area (Å²) in [6.07, 6.45) is 0.0328. The molecule has 0 aliphatic carbocycles. The fourth-order valence-electron chi connectivity index (χ4n) is 1.48. The SMILES string of the molecule is COc1ccc(N)cc1.Nc1cccc(CC(=O)O)c1. The Morgan fingerprint density at radius 3 is 2.25 bits per heavy atom. The van der Waals surface area contributed by atoms with Gasteiger partial charge in [0.15, 0.2) is 0 Å². The molecule has 106 valence electrons. The zero-order chi connectivity index (χ0) is 15.0. The lowest BCUT2D eigenvalue weighted by Crippen LogP contribution is -2.00. The Balaban J connectivity index is 0.000000204. The molecule has 5 nitrogen and oxygen atoms in total. The van der Waals surface area contributed by atoms with Crippen molar-refractivity contribution in [2.45, 2.75) is 6.42 Å². The van der Waals surface area contributed by atoms with E-state index in [1.54, 1.807) is 43.5 Å². The minimum absolute atomic E-state index is 0.0328. The predicted octanol–water partition coefficient (Wildman–Crippen LogP) is 2.17. The first-order valence-electron chi connectivity index (χ1n) is 5.97. The van der Waals surface area contributed by atoms with Crippen molar-refractivity contribution in [3.8, 4) is 5.75 Å². The molecule has 5 N–H and O–H groups in total. The summed E-state index contributed by atoms with van der Waals surface area (Å²) in [5, 5.41) is 8.42. The highest BCUT2D eigenvalue weighted by atomic mass is 16.5. The van der Waals surface area contributed by atoms with Gasteiger partial charge in [0.1, 0.15) is 5.75 Å². The van der Waals surface area contributed by atoms with Gasteiger partial charge in [0.05, 0.1) is 13.5 Å². The molecule has 0 amide bonds. The van der Waals surface area contributed by atoms with E-state index in [1.165, 1.54) is 0 Å². The molecular weight excluding hydrogens is 256 g/mol. The summed E-state index contributed by atoms with van der Waals surface area (Å²) in [5.41, 5.74) is 13.0. The third-order valence-electron chi connectivity index (χ3n) is 2.42. The van der Waals surface area contributed by atoms with E-state index in [9.17, 15) is 4.79 Å². The van der Waals surface area contributed by atoms with Crippen LogP contribution in [0.4, 0.5) is 11.4 Å². The number of hydrogen-bond donors (Lipinski definition) is 3. The molecule has 5 heteroatoms. The molecule has 2 rings (SSSR count). The number of methoxy groups -OCH3 is 1. The summed E-state index contributed by atoms with van der Waals surface area (Å²) in [5.74, 6) is -0.000185. The van der Waals surface area contributed by atoms with Crippen LogP contribution in [0.2, 0.25) is 0 Å². The predicted molar refractivity (Wildman–Crippen MR) is 79.6 cm³/mol. The summed E-state index contributed by atoms with van der Waals surface area (Å²) in [6, 6.07) is 14.1. The van der Waals surface area contributed by atoms with Gasteiger partial charge in [0.2, 0.25) is 0 Å². The summed E-state index contributed by atoms with van der Waals surface area (Å²) in [7, 11) is 1.63. The summed E-state index contributed by atoms with van der Waals surface area (Å²) in [4.78, 5) is 10.2. The molecule has 0 bridgehead atoms.